The molecule has 0 spiro atoms. The van der Waals surface area contributed by atoms with Gasteiger partial charge in [0.25, 0.3) is 0 Å². The van der Waals surface area contributed by atoms with Crippen molar-refractivity contribution in [1.82, 2.24) is 9.97 Å². The van der Waals surface area contributed by atoms with Crippen molar-refractivity contribution in [2.45, 2.75) is 0 Å². The molecular formula is C46H30N2O. The Bertz CT molecular complexity index is 2590. The van der Waals surface area contributed by atoms with E-state index in [1.807, 2.05) is 30.3 Å². The predicted molar refractivity (Wildman–Crippen MR) is 202 cm³/mol. The summed E-state index contributed by atoms with van der Waals surface area (Å²) in [6, 6.07) is 63.2. The highest BCUT2D eigenvalue weighted by molar-refractivity contribution is 6.12. The van der Waals surface area contributed by atoms with E-state index in [4.69, 9.17) is 14.4 Å². The number of hydrogen-bond acceptors (Lipinski definition) is 3. The van der Waals surface area contributed by atoms with Crippen LogP contribution in [-0.2, 0) is 0 Å². The third-order valence-electron chi connectivity index (χ3n) is 9.10. The van der Waals surface area contributed by atoms with Crippen LogP contribution in [-0.4, -0.2) is 9.97 Å². The van der Waals surface area contributed by atoms with Crippen molar-refractivity contribution >= 4 is 21.9 Å². The van der Waals surface area contributed by atoms with Gasteiger partial charge in [0, 0.05) is 27.5 Å². The fraction of sp³-hybridized carbons (Fsp3) is 0. The van der Waals surface area contributed by atoms with Crippen molar-refractivity contribution in [3.05, 3.63) is 182 Å². The zero-order valence-corrected chi connectivity index (χ0v) is 26.6. The van der Waals surface area contributed by atoms with Crippen LogP contribution >= 0.6 is 0 Å². The van der Waals surface area contributed by atoms with Crippen molar-refractivity contribution in [2.75, 3.05) is 0 Å². The Kier molecular flexibility index (Phi) is 7.14. The van der Waals surface area contributed by atoms with E-state index in [-0.39, 0.29) is 0 Å². The molecule has 9 rings (SSSR count). The molecule has 0 aliphatic heterocycles. The van der Waals surface area contributed by atoms with E-state index in [0.717, 1.165) is 83.4 Å². The van der Waals surface area contributed by atoms with Crippen LogP contribution in [0.3, 0.4) is 0 Å². The smallest absolute Gasteiger partial charge is 0.161 e. The molecule has 0 bridgehead atoms. The molecule has 0 N–H and O–H groups in total. The summed E-state index contributed by atoms with van der Waals surface area (Å²) in [4.78, 5) is 10.5. The topological polar surface area (TPSA) is 38.9 Å². The van der Waals surface area contributed by atoms with Crippen LogP contribution in [0.2, 0.25) is 0 Å². The number of benzene rings is 7. The SMILES string of the molecule is c1ccc(-c2cc(-c3cc(-c4ccccc4)nc(-c4ccccc4-c4ccccc4)n3)cc(-c3cccc4oc5ccccc5c34)c2)cc1. The first-order valence-corrected chi connectivity index (χ1v) is 16.5. The number of aromatic nitrogens is 2. The molecule has 0 saturated carbocycles. The standard InChI is InChI=1S/C46H30N2O/c1-4-15-31(16-5-1)34-27-35(38-24-14-26-44-45(38)40-23-12-13-25-43(40)49-44)29-36(28-34)42-30-41(33-19-8-3-9-20-33)47-46(48-42)39-22-11-10-21-37(39)32-17-6-2-7-18-32/h1-30H. The highest BCUT2D eigenvalue weighted by Crippen LogP contribution is 2.40. The first-order chi connectivity index (χ1) is 24.3. The molecule has 0 fully saturated rings. The highest BCUT2D eigenvalue weighted by atomic mass is 16.3. The van der Waals surface area contributed by atoms with Gasteiger partial charge in [0.15, 0.2) is 5.82 Å². The van der Waals surface area contributed by atoms with Crippen molar-refractivity contribution in [3.8, 4) is 67.3 Å². The molecule has 0 radical (unpaired) electrons. The maximum absolute atomic E-state index is 6.30. The number of para-hydroxylation sites is 1. The zero-order chi connectivity index (χ0) is 32.6. The molecule has 230 valence electrons. The van der Waals surface area contributed by atoms with Crippen LogP contribution in [0.25, 0.3) is 89.2 Å². The summed E-state index contributed by atoms with van der Waals surface area (Å²) in [7, 11) is 0. The van der Waals surface area contributed by atoms with Gasteiger partial charge >= 0.3 is 0 Å². The van der Waals surface area contributed by atoms with Crippen molar-refractivity contribution in [3.63, 3.8) is 0 Å². The Balaban J connectivity index is 1.31. The second kappa shape index (κ2) is 12.2. The second-order valence-corrected chi connectivity index (χ2v) is 12.2. The number of nitrogens with zero attached hydrogens (tertiary/aromatic N) is 2. The van der Waals surface area contributed by atoms with E-state index < -0.39 is 0 Å². The first-order valence-electron chi connectivity index (χ1n) is 16.5. The van der Waals surface area contributed by atoms with E-state index in [9.17, 15) is 0 Å². The lowest BCUT2D eigenvalue weighted by Crippen LogP contribution is -1.98. The van der Waals surface area contributed by atoms with Gasteiger partial charge in [-0.15, -0.1) is 0 Å². The zero-order valence-electron chi connectivity index (χ0n) is 26.6. The summed E-state index contributed by atoms with van der Waals surface area (Å²) in [5.41, 5.74) is 13.2. The molecule has 2 aromatic heterocycles. The Hall–Kier alpha value is -6.58. The Morgan fingerprint density at radius 3 is 1.61 bits per heavy atom. The summed E-state index contributed by atoms with van der Waals surface area (Å²) in [5.74, 6) is 0.686. The lowest BCUT2D eigenvalue weighted by atomic mass is 9.92. The van der Waals surface area contributed by atoms with Gasteiger partial charge in [-0.1, -0.05) is 146 Å². The van der Waals surface area contributed by atoms with Gasteiger partial charge in [-0.05, 0) is 69.8 Å². The van der Waals surface area contributed by atoms with Crippen LogP contribution < -0.4 is 0 Å². The highest BCUT2D eigenvalue weighted by Gasteiger charge is 2.18. The van der Waals surface area contributed by atoms with E-state index in [2.05, 4.69) is 152 Å². The summed E-state index contributed by atoms with van der Waals surface area (Å²) in [5, 5.41) is 2.22. The summed E-state index contributed by atoms with van der Waals surface area (Å²) in [6.45, 7) is 0. The number of rotatable bonds is 6. The minimum Gasteiger partial charge on any atom is -0.456 e. The number of hydrogen-bond donors (Lipinski definition) is 0. The van der Waals surface area contributed by atoms with Crippen LogP contribution in [0, 0.1) is 0 Å². The average Bonchev–Trinajstić information content (AvgIpc) is 3.58. The Labute approximate surface area is 284 Å². The molecule has 7 aromatic carbocycles. The molecule has 0 aliphatic carbocycles. The second-order valence-electron chi connectivity index (χ2n) is 12.2. The largest absolute Gasteiger partial charge is 0.456 e. The van der Waals surface area contributed by atoms with Crippen molar-refractivity contribution in [2.24, 2.45) is 0 Å². The first kappa shape index (κ1) is 28.6. The Morgan fingerprint density at radius 2 is 0.857 bits per heavy atom. The molecule has 0 unspecified atom stereocenters. The van der Waals surface area contributed by atoms with Crippen LogP contribution in [0.5, 0.6) is 0 Å². The van der Waals surface area contributed by atoms with E-state index in [1.54, 1.807) is 0 Å². The maximum atomic E-state index is 6.30. The molecular weight excluding hydrogens is 597 g/mol. The van der Waals surface area contributed by atoms with Crippen LogP contribution in [0.15, 0.2) is 186 Å². The molecule has 0 saturated heterocycles. The van der Waals surface area contributed by atoms with E-state index in [0.29, 0.717) is 5.82 Å². The predicted octanol–water partition coefficient (Wildman–Crippen LogP) is 12.4. The average molecular weight is 627 g/mol. The lowest BCUT2D eigenvalue weighted by molar-refractivity contribution is 0.669. The van der Waals surface area contributed by atoms with Crippen molar-refractivity contribution < 1.29 is 4.42 Å². The minimum atomic E-state index is 0.686. The van der Waals surface area contributed by atoms with Crippen LogP contribution in [0.4, 0.5) is 0 Å². The normalized spacial score (nSPS) is 11.3. The molecule has 0 amide bonds. The summed E-state index contributed by atoms with van der Waals surface area (Å²) < 4.78 is 6.30. The monoisotopic (exact) mass is 626 g/mol. The van der Waals surface area contributed by atoms with Gasteiger partial charge in [0.1, 0.15) is 11.2 Å². The third kappa shape index (κ3) is 5.38. The molecule has 0 atom stereocenters. The lowest BCUT2D eigenvalue weighted by Gasteiger charge is -2.15. The van der Waals surface area contributed by atoms with Gasteiger partial charge < -0.3 is 4.42 Å². The number of fused-ring (bicyclic) bond motifs is 3. The fourth-order valence-corrected chi connectivity index (χ4v) is 6.76. The van der Waals surface area contributed by atoms with Gasteiger partial charge in [-0.2, -0.15) is 0 Å². The van der Waals surface area contributed by atoms with Crippen LogP contribution in [0.1, 0.15) is 0 Å². The maximum Gasteiger partial charge on any atom is 0.161 e. The van der Waals surface area contributed by atoms with Gasteiger partial charge in [-0.3, -0.25) is 0 Å². The Morgan fingerprint density at radius 1 is 0.327 bits per heavy atom. The van der Waals surface area contributed by atoms with Gasteiger partial charge in [0.05, 0.1) is 11.4 Å². The molecule has 9 aromatic rings. The van der Waals surface area contributed by atoms with Gasteiger partial charge in [0.2, 0.25) is 0 Å². The molecule has 3 heteroatoms. The van der Waals surface area contributed by atoms with Gasteiger partial charge in [-0.25, -0.2) is 9.97 Å². The number of furan rings is 1. The molecule has 49 heavy (non-hydrogen) atoms. The molecule has 3 nitrogen and oxygen atoms in total. The minimum absolute atomic E-state index is 0.686. The summed E-state index contributed by atoms with van der Waals surface area (Å²) >= 11 is 0. The van der Waals surface area contributed by atoms with E-state index >= 15 is 0 Å². The van der Waals surface area contributed by atoms with Crippen molar-refractivity contribution in [1.29, 1.82) is 0 Å². The fourth-order valence-electron chi connectivity index (χ4n) is 6.76. The third-order valence-corrected chi connectivity index (χ3v) is 9.10. The molecule has 0 aliphatic rings. The summed E-state index contributed by atoms with van der Waals surface area (Å²) in [6.07, 6.45) is 0. The van der Waals surface area contributed by atoms with E-state index in [1.165, 1.54) is 0 Å². The quantitative estimate of drug-likeness (QED) is 0.184. The molecule has 2 heterocycles.